The van der Waals surface area contributed by atoms with Gasteiger partial charge in [-0.25, -0.2) is 0 Å². The summed E-state index contributed by atoms with van der Waals surface area (Å²) < 4.78 is 43.0. The van der Waals surface area contributed by atoms with E-state index in [1.165, 1.54) is 17.7 Å². The molecule has 1 aromatic carbocycles. The lowest BCUT2D eigenvalue weighted by Crippen LogP contribution is -2.05. The largest absolute Gasteiger partial charge is 0.462 e. The fourth-order valence-electron chi connectivity index (χ4n) is 1.69. The van der Waals surface area contributed by atoms with Gasteiger partial charge in [0, 0.05) is 6.42 Å². The van der Waals surface area contributed by atoms with Gasteiger partial charge in [-0.15, -0.1) is 0 Å². The Morgan fingerprint density at radius 1 is 1.11 bits per heavy atom. The van der Waals surface area contributed by atoms with E-state index in [2.05, 4.69) is 0 Å². The van der Waals surface area contributed by atoms with E-state index in [9.17, 15) is 13.2 Å². The highest BCUT2D eigenvalue weighted by Gasteiger charge is 2.30. The van der Waals surface area contributed by atoms with Crippen LogP contribution >= 0.6 is 0 Å². The molecule has 4 heteroatoms. The zero-order valence-corrected chi connectivity index (χ0v) is 9.92. The van der Waals surface area contributed by atoms with E-state index in [-0.39, 0.29) is 5.75 Å². The Balaban J connectivity index is 2.16. The molecule has 18 heavy (non-hydrogen) atoms. The number of hydrogen-bond acceptors (Lipinski definition) is 1. The summed E-state index contributed by atoms with van der Waals surface area (Å²) in [5, 5.41) is 0. The third-order valence-electron chi connectivity index (χ3n) is 2.73. The third kappa shape index (κ3) is 3.15. The van der Waals surface area contributed by atoms with Gasteiger partial charge in [0.25, 0.3) is 0 Å². The maximum absolute atomic E-state index is 12.5. The zero-order chi connectivity index (χ0) is 13.2. The highest BCUT2D eigenvalue weighted by atomic mass is 19.4. The molecule has 1 aliphatic carbocycles. The molecule has 1 nitrogen and oxygen atoms in total. The Hall–Kier alpha value is -1.71. The smallest absolute Gasteiger partial charge is 0.416 e. The first kappa shape index (κ1) is 12.7. The first-order valence-corrected chi connectivity index (χ1v) is 5.66. The summed E-state index contributed by atoms with van der Waals surface area (Å²) in [6.07, 6.45) is 0.992. The number of halogens is 3. The van der Waals surface area contributed by atoms with Crippen molar-refractivity contribution in [2.45, 2.75) is 25.9 Å². The van der Waals surface area contributed by atoms with Crippen molar-refractivity contribution in [3.8, 4) is 5.75 Å². The van der Waals surface area contributed by atoms with Crippen LogP contribution in [-0.2, 0) is 6.18 Å². The van der Waals surface area contributed by atoms with E-state index in [0.29, 0.717) is 5.76 Å². The maximum Gasteiger partial charge on any atom is 0.416 e. The van der Waals surface area contributed by atoms with Crippen molar-refractivity contribution in [3.05, 3.63) is 53.3 Å². The van der Waals surface area contributed by atoms with Gasteiger partial charge in [0.2, 0.25) is 0 Å². The van der Waals surface area contributed by atoms with E-state index in [1.54, 1.807) is 6.08 Å². The molecule has 0 radical (unpaired) electrons. The fraction of sp³-hybridized carbons (Fsp3) is 0.286. The van der Waals surface area contributed by atoms with Gasteiger partial charge in [0.1, 0.15) is 11.5 Å². The van der Waals surface area contributed by atoms with Gasteiger partial charge in [0.15, 0.2) is 0 Å². The normalized spacial score (nSPS) is 16.0. The lowest BCUT2D eigenvalue weighted by molar-refractivity contribution is -0.137. The summed E-state index contributed by atoms with van der Waals surface area (Å²) in [5.41, 5.74) is 0.550. The second-order valence-electron chi connectivity index (χ2n) is 4.27. The lowest BCUT2D eigenvalue weighted by Gasteiger charge is -2.14. The Morgan fingerprint density at radius 2 is 1.89 bits per heavy atom. The molecule has 0 saturated heterocycles. The van der Waals surface area contributed by atoms with Crippen LogP contribution in [0.5, 0.6) is 5.75 Å². The Kier molecular flexibility index (Phi) is 3.45. The average molecular weight is 254 g/mol. The van der Waals surface area contributed by atoms with Gasteiger partial charge in [0.05, 0.1) is 5.56 Å². The molecule has 0 N–H and O–H groups in total. The topological polar surface area (TPSA) is 9.23 Å². The van der Waals surface area contributed by atoms with Crippen LogP contribution in [0.15, 0.2) is 47.7 Å². The molecule has 1 aliphatic rings. The van der Waals surface area contributed by atoms with Crippen LogP contribution in [0.25, 0.3) is 0 Å². The number of alkyl halides is 3. The molecular weight excluding hydrogens is 241 g/mol. The van der Waals surface area contributed by atoms with E-state index in [0.717, 1.165) is 25.0 Å². The van der Waals surface area contributed by atoms with Crippen molar-refractivity contribution in [2.24, 2.45) is 0 Å². The van der Waals surface area contributed by atoms with Crippen molar-refractivity contribution < 1.29 is 17.9 Å². The molecule has 1 aromatic rings. The second-order valence-corrected chi connectivity index (χ2v) is 4.27. The van der Waals surface area contributed by atoms with Crippen LogP contribution in [0.2, 0.25) is 0 Å². The average Bonchev–Trinajstić information content (AvgIpc) is 2.31. The molecular formula is C14H13F3O. The summed E-state index contributed by atoms with van der Waals surface area (Å²) in [6, 6.07) is 4.93. The Labute approximate surface area is 104 Å². The van der Waals surface area contributed by atoms with Crippen molar-refractivity contribution in [3.63, 3.8) is 0 Å². The van der Waals surface area contributed by atoms with Crippen molar-refractivity contribution in [1.29, 1.82) is 0 Å². The van der Waals surface area contributed by atoms with Crippen molar-refractivity contribution in [1.82, 2.24) is 0 Å². The van der Waals surface area contributed by atoms with Crippen LogP contribution in [0.3, 0.4) is 0 Å². The standard InChI is InChI=1S/C14H13F3O/c1-10-5-7-12(8-6-10)18-13-4-2-3-11(9-13)14(15,16)17/h2-5,7,9H,6,8H2,1H3. The number of hydrogen-bond donors (Lipinski definition) is 0. The lowest BCUT2D eigenvalue weighted by atomic mass is 10.1. The van der Waals surface area contributed by atoms with Gasteiger partial charge in [-0.3, -0.25) is 0 Å². The minimum absolute atomic E-state index is 0.226. The summed E-state index contributed by atoms with van der Waals surface area (Å²) in [5.74, 6) is 0.920. The Bertz CT molecular complexity index is 498. The first-order valence-electron chi connectivity index (χ1n) is 5.66. The molecule has 0 spiro atoms. The highest BCUT2D eigenvalue weighted by molar-refractivity contribution is 5.32. The quantitative estimate of drug-likeness (QED) is 0.742. The van der Waals surface area contributed by atoms with Gasteiger partial charge in [-0.05, 0) is 37.6 Å². The van der Waals surface area contributed by atoms with Crippen LogP contribution in [0.4, 0.5) is 13.2 Å². The minimum Gasteiger partial charge on any atom is -0.462 e. The molecule has 0 bridgehead atoms. The monoisotopic (exact) mass is 254 g/mol. The summed E-state index contributed by atoms with van der Waals surface area (Å²) >= 11 is 0. The van der Waals surface area contributed by atoms with E-state index in [4.69, 9.17) is 4.74 Å². The van der Waals surface area contributed by atoms with Gasteiger partial charge < -0.3 is 4.74 Å². The molecule has 0 heterocycles. The zero-order valence-electron chi connectivity index (χ0n) is 9.92. The van der Waals surface area contributed by atoms with Gasteiger partial charge in [-0.1, -0.05) is 17.7 Å². The molecule has 2 rings (SSSR count). The molecule has 0 amide bonds. The predicted octanol–water partition coefficient (Wildman–Crippen LogP) is 4.71. The van der Waals surface area contributed by atoms with E-state index < -0.39 is 11.7 Å². The van der Waals surface area contributed by atoms with Crippen molar-refractivity contribution in [2.75, 3.05) is 0 Å². The van der Waals surface area contributed by atoms with E-state index >= 15 is 0 Å². The van der Waals surface area contributed by atoms with E-state index in [1.807, 2.05) is 13.0 Å². The summed E-state index contributed by atoms with van der Waals surface area (Å²) in [7, 11) is 0. The van der Waals surface area contributed by atoms with Crippen LogP contribution in [-0.4, -0.2) is 0 Å². The molecule has 0 aromatic heterocycles. The number of benzene rings is 1. The minimum atomic E-state index is -4.34. The number of allylic oxidation sites excluding steroid dienone is 4. The molecule has 0 saturated carbocycles. The summed E-state index contributed by atoms with van der Waals surface area (Å²) in [4.78, 5) is 0. The van der Waals surface area contributed by atoms with Gasteiger partial charge in [-0.2, -0.15) is 13.2 Å². The predicted molar refractivity (Wildman–Crippen MR) is 63.1 cm³/mol. The molecule has 96 valence electrons. The van der Waals surface area contributed by atoms with Crippen LogP contribution in [0, 0.1) is 0 Å². The van der Waals surface area contributed by atoms with Crippen molar-refractivity contribution >= 4 is 0 Å². The molecule has 0 aliphatic heterocycles. The SMILES string of the molecule is CC1=CC=C(Oc2cccc(C(F)(F)F)c2)CC1. The second kappa shape index (κ2) is 4.88. The number of ether oxygens (including phenoxy) is 1. The molecule has 0 unspecified atom stereocenters. The molecule has 0 fully saturated rings. The number of rotatable bonds is 2. The first-order chi connectivity index (χ1) is 8.45. The van der Waals surface area contributed by atoms with Crippen LogP contribution < -0.4 is 4.74 Å². The van der Waals surface area contributed by atoms with Gasteiger partial charge >= 0.3 is 6.18 Å². The fourth-order valence-corrected chi connectivity index (χ4v) is 1.69. The third-order valence-corrected chi connectivity index (χ3v) is 2.73. The molecule has 0 atom stereocenters. The summed E-state index contributed by atoms with van der Waals surface area (Å²) in [6.45, 7) is 2.01. The maximum atomic E-state index is 12.5. The Morgan fingerprint density at radius 3 is 2.50 bits per heavy atom. The van der Waals surface area contributed by atoms with Crippen LogP contribution in [0.1, 0.15) is 25.3 Å². The highest BCUT2D eigenvalue weighted by Crippen LogP contribution is 2.32.